The number of halogens is 1. The first-order chi connectivity index (χ1) is 21.2. The third kappa shape index (κ3) is 6.16. The van der Waals surface area contributed by atoms with Gasteiger partial charge in [-0.2, -0.15) is 0 Å². The summed E-state index contributed by atoms with van der Waals surface area (Å²) in [6.45, 7) is 6.45. The maximum Gasteiger partial charge on any atom is 0.410 e. The van der Waals surface area contributed by atoms with Gasteiger partial charge in [0.1, 0.15) is 41.0 Å². The maximum atomic E-state index is 15.4. The lowest BCUT2D eigenvalue weighted by atomic mass is 10.0. The van der Waals surface area contributed by atoms with Crippen LogP contribution in [0.2, 0.25) is 0 Å². The van der Waals surface area contributed by atoms with E-state index in [0.29, 0.717) is 60.3 Å². The maximum absolute atomic E-state index is 15.4. The van der Waals surface area contributed by atoms with Crippen LogP contribution in [-0.4, -0.2) is 81.6 Å². The Balaban J connectivity index is 1.34. The Morgan fingerprint density at radius 2 is 2.02 bits per heavy atom. The summed E-state index contributed by atoms with van der Waals surface area (Å²) in [7, 11) is 1.62. The number of amides is 1. The van der Waals surface area contributed by atoms with Gasteiger partial charge in [-0.3, -0.25) is 4.40 Å². The molecule has 1 saturated heterocycles. The molecular formula is C32H34FN5O6. The number of hydrogen-bond donors (Lipinski definition) is 0. The number of fused-ring (bicyclic) bond motifs is 2. The molecule has 1 aromatic carbocycles. The van der Waals surface area contributed by atoms with Crippen molar-refractivity contribution >= 4 is 22.6 Å². The summed E-state index contributed by atoms with van der Waals surface area (Å²) in [6, 6.07) is 11.1. The Morgan fingerprint density at radius 1 is 1.16 bits per heavy atom. The number of rotatable bonds is 8. The van der Waals surface area contributed by atoms with Gasteiger partial charge in [0.25, 0.3) is 0 Å². The van der Waals surface area contributed by atoms with Gasteiger partial charge in [-0.15, -0.1) is 0 Å². The fourth-order valence-corrected chi connectivity index (χ4v) is 5.16. The molecule has 0 bridgehead atoms. The van der Waals surface area contributed by atoms with E-state index in [9.17, 15) is 4.79 Å². The van der Waals surface area contributed by atoms with Crippen LogP contribution in [0.1, 0.15) is 27.2 Å². The van der Waals surface area contributed by atoms with Crippen molar-refractivity contribution in [2.24, 2.45) is 0 Å². The van der Waals surface area contributed by atoms with Crippen molar-refractivity contribution in [3.05, 3.63) is 61.4 Å². The number of methoxy groups -OCH3 is 1. The normalized spacial score (nSPS) is 17.2. The second kappa shape index (κ2) is 12.1. The van der Waals surface area contributed by atoms with E-state index < -0.39 is 24.0 Å². The van der Waals surface area contributed by atoms with Crippen LogP contribution in [-0.2, 0) is 9.47 Å². The molecule has 5 heterocycles. The van der Waals surface area contributed by atoms with E-state index in [4.69, 9.17) is 28.3 Å². The van der Waals surface area contributed by atoms with Crippen LogP contribution in [0.5, 0.6) is 11.5 Å². The van der Waals surface area contributed by atoms with Crippen LogP contribution < -0.4 is 9.47 Å². The summed E-state index contributed by atoms with van der Waals surface area (Å²) in [5, 5.41) is 0.757. The van der Waals surface area contributed by atoms with Crippen LogP contribution in [0.3, 0.4) is 0 Å². The summed E-state index contributed by atoms with van der Waals surface area (Å²) in [6.07, 6.45) is 4.19. The molecule has 1 fully saturated rings. The molecule has 1 aliphatic rings. The van der Waals surface area contributed by atoms with Gasteiger partial charge >= 0.3 is 6.09 Å². The summed E-state index contributed by atoms with van der Waals surface area (Å²) < 4.78 is 45.6. The molecule has 0 radical (unpaired) electrons. The third-order valence-corrected chi connectivity index (χ3v) is 7.22. The second-order valence-corrected chi connectivity index (χ2v) is 11.5. The summed E-state index contributed by atoms with van der Waals surface area (Å²) >= 11 is 0. The molecular weight excluding hydrogens is 569 g/mol. The number of likely N-dealkylation sites (tertiary alicyclic amines) is 1. The number of carbonyl (C=O) groups excluding carboxylic acids is 1. The van der Waals surface area contributed by atoms with E-state index >= 15 is 4.39 Å². The van der Waals surface area contributed by atoms with Crippen molar-refractivity contribution in [1.82, 2.24) is 24.3 Å². The van der Waals surface area contributed by atoms with Crippen molar-refractivity contribution in [3.63, 3.8) is 0 Å². The zero-order valence-electron chi connectivity index (χ0n) is 25.0. The van der Waals surface area contributed by atoms with Crippen molar-refractivity contribution in [3.8, 4) is 34.2 Å². The molecule has 0 N–H and O–H groups in total. The van der Waals surface area contributed by atoms with E-state index in [-0.39, 0.29) is 6.54 Å². The monoisotopic (exact) mass is 603 g/mol. The molecule has 5 aromatic rings. The number of alkyl halides is 1. The number of piperidine rings is 1. The first kappa shape index (κ1) is 29.4. The first-order valence-electron chi connectivity index (χ1n) is 14.4. The summed E-state index contributed by atoms with van der Waals surface area (Å²) in [5.74, 6) is 1.65. The number of pyridine rings is 2. The molecule has 0 unspecified atom stereocenters. The van der Waals surface area contributed by atoms with Gasteiger partial charge < -0.3 is 28.3 Å². The van der Waals surface area contributed by atoms with E-state index in [1.54, 1.807) is 46.3 Å². The largest absolute Gasteiger partial charge is 0.491 e. The topological polar surface area (TPSA) is 113 Å². The molecule has 230 valence electrons. The van der Waals surface area contributed by atoms with Crippen LogP contribution in [0.15, 0.2) is 65.8 Å². The van der Waals surface area contributed by atoms with Gasteiger partial charge in [0, 0.05) is 43.3 Å². The van der Waals surface area contributed by atoms with Crippen molar-refractivity contribution in [1.29, 1.82) is 0 Å². The molecule has 0 aliphatic carbocycles. The highest BCUT2D eigenvalue weighted by Crippen LogP contribution is 2.37. The number of ether oxygens (including phenoxy) is 4. The van der Waals surface area contributed by atoms with Crippen LogP contribution >= 0.6 is 0 Å². The lowest BCUT2D eigenvalue weighted by Crippen LogP contribution is -2.50. The minimum atomic E-state index is -1.41. The highest BCUT2D eigenvalue weighted by molar-refractivity contribution is 5.98. The van der Waals surface area contributed by atoms with Gasteiger partial charge in [-0.1, -0.05) is 12.1 Å². The summed E-state index contributed by atoms with van der Waals surface area (Å²) in [5.41, 5.74) is 2.64. The quantitative estimate of drug-likeness (QED) is 0.198. The Bertz CT molecular complexity index is 1770. The number of imidazole rings is 1. The highest BCUT2D eigenvalue weighted by atomic mass is 19.1. The number of hydrogen-bond acceptors (Lipinski definition) is 9. The predicted octanol–water partition coefficient (Wildman–Crippen LogP) is 5.96. The Labute approximate surface area is 253 Å². The fraction of sp³-hybridized carbons (Fsp3) is 0.375. The SMILES string of the molecule is COCCOc1ccn2c(-c3cc(-c4cnco4)c4cccc(O[C@H]5CCN(C(=O)OC(C)(C)C)C[C@@H]5F)c4n3)cnc2c1. The minimum absolute atomic E-state index is 0.120. The molecule has 11 nitrogen and oxygen atoms in total. The smallest absolute Gasteiger partial charge is 0.410 e. The Kier molecular flexibility index (Phi) is 8.09. The number of nitrogens with zero attached hydrogens (tertiary/aromatic N) is 5. The molecule has 44 heavy (non-hydrogen) atoms. The predicted molar refractivity (Wildman–Crippen MR) is 161 cm³/mol. The number of para-hydroxylation sites is 1. The lowest BCUT2D eigenvalue weighted by molar-refractivity contribution is -0.0102. The van der Waals surface area contributed by atoms with Gasteiger partial charge in [0.15, 0.2) is 18.3 Å². The summed E-state index contributed by atoms with van der Waals surface area (Å²) in [4.78, 5) is 27.6. The molecule has 2 atom stereocenters. The number of aromatic nitrogens is 4. The number of oxazole rings is 1. The minimum Gasteiger partial charge on any atom is -0.491 e. The lowest BCUT2D eigenvalue weighted by Gasteiger charge is -2.35. The number of carbonyl (C=O) groups is 1. The van der Waals surface area contributed by atoms with E-state index in [1.807, 2.05) is 40.9 Å². The number of benzene rings is 1. The van der Waals surface area contributed by atoms with Gasteiger partial charge in [-0.05, 0) is 39.0 Å². The molecule has 0 spiro atoms. The molecule has 1 aliphatic heterocycles. The van der Waals surface area contributed by atoms with E-state index in [1.165, 1.54) is 11.3 Å². The second-order valence-electron chi connectivity index (χ2n) is 11.5. The fourth-order valence-electron chi connectivity index (χ4n) is 5.16. The van der Waals surface area contributed by atoms with E-state index in [0.717, 1.165) is 16.6 Å². The third-order valence-electron chi connectivity index (χ3n) is 7.22. The molecule has 0 saturated carbocycles. The zero-order chi connectivity index (χ0) is 30.8. The van der Waals surface area contributed by atoms with Crippen molar-refractivity contribution < 1.29 is 32.5 Å². The average molecular weight is 604 g/mol. The van der Waals surface area contributed by atoms with Gasteiger partial charge in [0.05, 0.1) is 36.9 Å². The van der Waals surface area contributed by atoms with Gasteiger partial charge in [0.2, 0.25) is 0 Å². The van der Waals surface area contributed by atoms with Crippen LogP contribution in [0, 0.1) is 0 Å². The first-order valence-corrected chi connectivity index (χ1v) is 14.4. The van der Waals surface area contributed by atoms with Gasteiger partial charge in [-0.25, -0.2) is 24.1 Å². The molecule has 12 heteroatoms. The molecule has 1 amide bonds. The average Bonchev–Trinajstić information content (AvgIpc) is 3.68. The molecule has 4 aromatic heterocycles. The highest BCUT2D eigenvalue weighted by Gasteiger charge is 2.35. The van der Waals surface area contributed by atoms with Crippen LogP contribution in [0.25, 0.3) is 39.3 Å². The van der Waals surface area contributed by atoms with Crippen molar-refractivity contribution in [2.45, 2.75) is 45.1 Å². The van der Waals surface area contributed by atoms with Crippen molar-refractivity contribution in [2.75, 3.05) is 33.4 Å². The van der Waals surface area contributed by atoms with E-state index in [2.05, 4.69) is 9.97 Å². The Morgan fingerprint density at radius 3 is 2.77 bits per heavy atom. The standard InChI is InChI=1S/C32H34FN5O6/c1-32(2,3)44-31(39)37-10-9-26(23(33)18-37)43-27-7-5-6-21-22(28-17-34-19-42-28)15-24(36-30(21)27)25-16-35-29-14-20(8-11-38(25)29)41-13-12-40-4/h5-8,11,14-17,19,23,26H,9-10,12-13,18H2,1-4H3/t23-,26-/m0/s1. The van der Waals surface area contributed by atoms with Crippen LogP contribution in [0.4, 0.5) is 9.18 Å². The Hall–Kier alpha value is -4.71. The zero-order valence-corrected chi connectivity index (χ0v) is 25.0. The molecule has 6 rings (SSSR count).